The first kappa shape index (κ1) is 11.9. The van der Waals surface area contributed by atoms with Gasteiger partial charge in [0.25, 0.3) is 0 Å². The molecule has 1 aromatic carbocycles. The Hall–Kier alpha value is -1.13. The summed E-state index contributed by atoms with van der Waals surface area (Å²) in [5.74, 6) is -0.163. The SMILES string of the molecule is CN(C)Cc1cc(F)cc(CCN)c1O. The average molecular weight is 212 g/mol. The zero-order chi connectivity index (χ0) is 11.4. The van der Waals surface area contributed by atoms with Crippen molar-refractivity contribution in [2.24, 2.45) is 5.73 Å². The molecule has 0 aliphatic rings. The van der Waals surface area contributed by atoms with Crippen LogP contribution in [0.3, 0.4) is 0 Å². The number of nitrogens with two attached hydrogens (primary N) is 1. The highest BCUT2D eigenvalue weighted by molar-refractivity contribution is 5.41. The number of benzene rings is 1. The monoisotopic (exact) mass is 212 g/mol. The summed E-state index contributed by atoms with van der Waals surface area (Å²) in [5, 5.41) is 9.84. The fourth-order valence-electron chi connectivity index (χ4n) is 1.52. The highest BCUT2D eigenvalue weighted by Crippen LogP contribution is 2.25. The molecule has 3 N–H and O–H groups in total. The average Bonchev–Trinajstić information content (AvgIpc) is 2.12. The Labute approximate surface area is 89.3 Å². The summed E-state index contributed by atoms with van der Waals surface area (Å²) in [6, 6.07) is 2.69. The molecule has 0 bridgehead atoms. The Morgan fingerprint density at radius 1 is 1.33 bits per heavy atom. The Morgan fingerprint density at radius 3 is 2.47 bits per heavy atom. The number of phenols is 1. The molecule has 0 atom stereocenters. The van der Waals surface area contributed by atoms with E-state index in [-0.39, 0.29) is 11.6 Å². The number of phenolic OH excluding ortho intramolecular Hbond substituents is 1. The third kappa shape index (κ3) is 3.18. The highest BCUT2D eigenvalue weighted by atomic mass is 19.1. The summed E-state index contributed by atoms with van der Waals surface area (Å²) in [4.78, 5) is 1.88. The van der Waals surface area contributed by atoms with Gasteiger partial charge in [0.15, 0.2) is 0 Å². The van der Waals surface area contributed by atoms with Crippen LogP contribution in [-0.4, -0.2) is 30.6 Å². The summed E-state index contributed by atoms with van der Waals surface area (Å²) in [6.45, 7) is 0.916. The van der Waals surface area contributed by atoms with Gasteiger partial charge in [-0.3, -0.25) is 0 Å². The summed E-state index contributed by atoms with van der Waals surface area (Å²) in [5.41, 5.74) is 6.57. The first-order valence-corrected chi connectivity index (χ1v) is 4.89. The van der Waals surface area contributed by atoms with Crippen LogP contribution in [-0.2, 0) is 13.0 Å². The second-order valence-electron chi connectivity index (χ2n) is 3.85. The maximum absolute atomic E-state index is 13.2. The minimum atomic E-state index is -0.326. The Bertz CT molecular complexity index is 340. The molecule has 84 valence electrons. The Kier molecular flexibility index (Phi) is 4.05. The van der Waals surface area contributed by atoms with Crippen LogP contribution in [0.5, 0.6) is 5.75 Å². The topological polar surface area (TPSA) is 49.5 Å². The zero-order valence-electron chi connectivity index (χ0n) is 9.13. The van der Waals surface area contributed by atoms with Crippen molar-refractivity contribution >= 4 is 0 Å². The smallest absolute Gasteiger partial charge is 0.124 e. The first-order valence-electron chi connectivity index (χ1n) is 4.89. The predicted molar refractivity (Wildman–Crippen MR) is 58.2 cm³/mol. The zero-order valence-corrected chi connectivity index (χ0v) is 9.13. The minimum absolute atomic E-state index is 0.163. The molecule has 0 aliphatic carbocycles. The van der Waals surface area contributed by atoms with Gasteiger partial charge in [0.1, 0.15) is 11.6 Å². The molecule has 0 aromatic heterocycles. The number of rotatable bonds is 4. The van der Waals surface area contributed by atoms with E-state index >= 15 is 0 Å². The standard InChI is InChI=1S/C11H17FN2O/c1-14(2)7-9-6-10(12)5-8(3-4-13)11(9)15/h5-6,15H,3-4,7,13H2,1-2H3. The predicted octanol–water partition coefficient (Wildman–Crippen LogP) is 1.09. The number of hydrogen-bond acceptors (Lipinski definition) is 3. The van der Waals surface area contributed by atoms with Crippen molar-refractivity contribution in [1.29, 1.82) is 0 Å². The molecule has 1 rings (SSSR count). The van der Waals surface area contributed by atoms with Gasteiger partial charge >= 0.3 is 0 Å². The van der Waals surface area contributed by atoms with Gasteiger partial charge in [-0.1, -0.05) is 0 Å². The van der Waals surface area contributed by atoms with Crippen LogP contribution in [0, 0.1) is 5.82 Å². The molecule has 15 heavy (non-hydrogen) atoms. The number of halogens is 1. The van der Waals surface area contributed by atoms with Gasteiger partial charge < -0.3 is 15.7 Å². The fraction of sp³-hybridized carbons (Fsp3) is 0.455. The van der Waals surface area contributed by atoms with Gasteiger partial charge in [-0.15, -0.1) is 0 Å². The number of nitrogens with zero attached hydrogens (tertiary/aromatic N) is 1. The van der Waals surface area contributed by atoms with Gasteiger partial charge in [-0.25, -0.2) is 4.39 Å². The third-order valence-corrected chi connectivity index (χ3v) is 2.13. The van der Waals surface area contributed by atoms with E-state index in [0.717, 1.165) is 0 Å². The van der Waals surface area contributed by atoms with E-state index in [9.17, 15) is 9.50 Å². The van der Waals surface area contributed by atoms with Crippen molar-refractivity contribution in [3.63, 3.8) is 0 Å². The molecule has 1 aromatic rings. The molecule has 4 heteroatoms. The lowest BCUT2D eigenvalue weighted by Gasteiger charge is -2.13. The lowest BCUT2D eigenvalue weighted by Crippen LogP contribution is -2.12. The molecule has 0 spiro atoms. The van der Waals surface area contributed by atoms with Gasteiger partial charge in [0.2, 0.25) is 0 Å². The second-order valence-corrected chi connectivity index (χ2v) is 3.85. The highest BCUT2D eigenvalue weighted by Gasteiger charge is 2.10. The van der Waals surface area contributed by atoms with Crippen LogP contribution in [0.15, 0.2) is 12.1 Å². The van der Waals surface area contributed by atoms with Crippen molar-refractivity contribution in [2.45, 2.75) is 13.0 Å². The third-order valence-electron chi connectivity index (χ3n) is 2.13. The van der Waals surface area contributed by atoms with E-state index < -0.39 is 0 Å². The lowest BCUT2D eigenvalue weighted by molar-refractivity contribution is 0.382. The molecule has 0 heterocycles. The minimum Gasteiger partial charge on any atom is -0.507 e. The molecule has 0 amide bonds. The largest absolute Gasteiger partial charge is 0.507 e. The maximum Gasteiger partial charge on any atom is 0.124 e. The first-order chi connectivity index (χ1) is 7.04. The summed E-state index contributed by atoms with van der Waals surface area (Å²) >= 11 is 0. The summed E-state index contributed by atoms with van der Waals surface area (Å²) in [7, 11) is 3.74. The molecule has 0 radical (unpaired) electrons. The summed E-state index contributed by atoms with van der Waals surface area (Å²) < 4.78 is 13.2. The van der Waals surface area contributed by atoms with Gasteiger partial charge in [0.05, 0.1) is 0 Å². The van der Waals surface area contributed by atoms with Gasteiger partial charge in [0, 0.05) is 12.1 Å². The molecular formula is C11H17FN2O. The van der Waals surface area contributed by atoms with E-state index in [2.05, 4.69) is 0 Å². The Balaban J connectivity index is 3.04. The van der Waals surface area contributed by atoms with E-state index in [1.807, 2.05) is 19.0 Å². The molecular weight excluding hydrogens is 195 g/mol. The second kappa shape index (κ2) is 5.09. The van der Waals surface area contributed by atoms with E-state index in [1.54, 1.807) is 0 Å². The normalized spacial score (nSPS) is 11.0. The van der Waals surface area contributed by atoms with Crippen molar-refractivity contribution in [3.8, 4) is 5.75 Å². The Morgan fingerprint density at radius 2 is 1.93 bits per heavy atom. The summed E-state index contributed by atoms with van der Waals surface area (Å²) in [6.07, 6.45) is 0.490. The van der Waals surface area contributed by atoms with Crippen molar-refractivity contribution in [2.75, 3.05) is 20.6 Å². The van der Waals surface area contributed by atoms with Crippen LogP contribution < -0.4 is 5.73 Å². The fourth-order valence-corrected chi connectivity index (χ4v) is 1.52. The molecule has 0 saturated carbocycles. The van der Waals surface area contributed by atoms with Crippen LogP contribution in [0.25, 0.3) is 0 Å². The molecule has 0 saturated heterocycles. The van der Waals surface area contributed by atoms with Gasteiger partial charge in [-0.2, -0.15) is 0 Å². The van der Waals surface area contributed by atoms with E-state index in [0.29, 0.717) is 30.6 Å². The molecule has 0 aliphatic heterocycles. The van der Waals surface area contributed by atoms with Crippen molar-refractivity contribution in [3.05, 3.63) is 29.1 Å². The quantitative estimate of drug-likeness (QED) is 0.785. The van der Waals surface area contributed by atoms with Crippen LogP contribution in [0.2, 0.25) is 0 Å². The van der Waals surface area contributed by atoms with Crippen LogP contribution >= 0.6 is 0 Å². The van der Waals surface area contributed by atoms with Gasteiger partial charge in [-0.05, 0) is 44.8 Å². The molecule has 0 fully saturated rings. The number of hydrogen-bond donors (Lipinski definition) is 2. The molecule has 3 nitrogen and oxygen atoms in total. The maximum atomic E-state index is 13.2. The lowest BCUT2D eigenvalue weighted by atomic mass is 10.1. The van der Waals surface area contributed by atoms with E-state index in [1.165, 1.54) is 12.1 Å². The van der Waals surface area contributed by atoms with Crippen molar-refractivity contribution < 1.29 is 9.50 Å². The van der Waals surface area contributed by atoms with Crippen molar-refractivity contribution in [1.82, 2.24) is 4.90 Å². The number of aromatic hydroxyl groups is 1. The van der Waals surface area contributed by atoms with E-state index in [4.69, 9.17) is 5.73 Å². The van der Waals surface area contributed by atoms with Crippen LogP contribution in [0.4, 0.5) is 4.39 Å². The van der Waals surface area contributed by atoms with Crippen LogP contribution in [0.1, 0.15) is 11.1 Å². The molecule has 0 unspecified atom stereocenters.